The minimum absolute atomic E-state index is 0.0332. The summed E-state index contributed by atoms with van der Waals surface area (Å²) in [6.45, 7) is 20.0. The topological polar surface area (TPSA) is 166 Å². The summed E-state index contributed by atoms with van der Waals surface area (Å²) in [5.41, 5.74) is 6.41. The van der Waals surface area contributed by atoms with Crippen LogP contribution in [-0.4, -0.2) is 75.1 Å². The molecule has 7 rings (SSSR count). The molecule has 0 bridgehead atoms. The van der Waals surface area contributed by atoms with Crippen LogP contribution >= 0.6 is 11.6 Å². The van der Waals surface area contributed by atoms with E-state index in [0.717, 1.165) is 81.8 Å². The summed E-state index contributed by atoms with van der Waals surface area (Å²) < 4.78 is 52.3. The first-order valence-electron chi connectivity index (χ1n) is 26.3. The molecule has 2 amide bonds. The van der Waals surface area contributed by atoms with Crippen molar-refractivity contribution in [3.05, 3.63) is 159 Å². The smallest absolute Gasteiger partial charge is 0.262 e. The van der Waals surface area contributed by atoms with Gasteiger partial charge < -0.3 is 29.2 Å². The van der Waals surface area contributed by atoms with Gasteiger partial charge in [0.1, 0.15) is 40.5 Å². The molecule has 2 N–H and O–H groups in total. The van der Waals surface area contributed by atoms with Gasteiger partial charge in [-0.15, -0.1) is 0 Å². The Morgan fingerprint density at radius 2 is 1.55 bits per heavy atom. The second kappa shape index (κ2) is 24.5. The van der Waals surface area contributed by atoms with Crippen LogP contribution in [0.25, 0.3) is 28.3 Å². The lowest BCUT2D eigenvalue weighted by atomic mass is 9.83. The van der Waals surface area contributed by atoms with E-state index in [1.807, 2.05) is 51.1 Å². The summed E-state index contributed by atoms with van der Waals surface area (Å²) in [6.07, 6.45) is 14.2. The number of benzene rings is 4. The van der Waals surface area contributed by atoms with E-state index in [4.69, 9.17) is 20.8 Å². The van der Waals surface area contributed by atoms with Crippen LogP contribution in [0.5, 0.6) is 5.75 Å². The Bertz CT molecular complexity index is 3350. The molecular formula is C61H72ClN5O8S. The van der Waals surface area contributed by atoms with Gasteiger partial charge >= 0.3 is 0 Å². The van der Waals surface area contributed by atoms with Crippen LogP contribution in [-0.2, 0) is 37.0 Å². The highest BCUT2D eigenvalue weighted by Gasteiger charge is 2.40. The Labute approximate surface area is 453 Å². The van der Waals surface area contributed by atoms with Crippen molar-refractivity contribution in [2.45, 2.75) is 116 Å². The Morgan fingerprint density at radius 3 is 2.22 bits per heavy atom. The number of carbonyl (C=O) groups is 3. The second-order valence-electron chi connectivity index (χ2n) is 20.9. The number of carbonyl (C=O) groups excluding carboxylic acids is 3. The molecule has 13 nitrogen and oxygen atoms in total. The first kappa shape index (κ1) is 57.0. The van der Waals surface area contributed by atoms with Gasteiger partial charge in [-0.05, 0) is 142 Å². The van der Waals surface area contributed by atoms with Crippen molar-refractivity contribution in [2.75, 3.05) is 44.7 Å². The average molecular weight is 1070 g/mol. The van der Waals surface area contributed by atoms with Crippen LogP contribution < -0.4 is 30.2 Å². The Kier molecular flexibility index (Phi) is 18.4. The van der Waals surface area contributed by atoms with Gasteiger partial charge in [0, 0.05) is 81.6 Å². The Balaban J connectivity index is 0.917. The number of ether oxygens (including phenoxy) is 1. The van der Waals surface area contributed by atoms with E-state index in [0.29, 0.717) is 72.9 Å². The fraction of sp³-hybridized carbons (Fsp3) is 0.377. The lowest BCUT2D eigenvalue weighted by molar-refractivity contribution is -0.121. The number of aromatic nitrogens is 1. The molecule has 0 saturated carbocycles. The monoisotopic (exact) mass is 1070 g/mol. The molecular weight excluding hydrogens is 998 g/mol. The van der Waals surface area contributed by atoms with Crippen LogP contribution in [0.3, 0.4) is 0 Å². The van der Waals surface area contributed by atoms with Crippen molar-refractivity contribution in [3.8, 4) is 17.1 Å². The van der Waals surface area contributed by atoms with Gasteiger partial charge in [-0.1, -0.05) is 76.9 Å². The molecule has 4 aromatic rings. The zero-order chi connectivity index (χ0) is 55.0. The van der Waals surface area contributed by atoms with Gasteiger partial charge in [0.15, 0.2) is 0 Å². The molecule has 0 unspecified atom stereocenters. The number of fused-ring (bicyclic) bond motifs is 3. The lowest BCUT2D eigenvalue weighted by Gasteiger charge is -2.27. The predicted molar refractivity (Wildman–Crippen MR) is 303 cm³/mol. The molecule has 0 saturated heterocycles. The number of halogens is 1. The maximum absolute atomic E-state index is 13.7. The van der Waals surface area contributed by atoms with Crippen molar-refractivity contribution < 1.29 is 36.5 Å². The molecule has 3 heterocycles. The Hall–Kier alpha value is -6.74. The average Bonchev–Trinajstić information content (AvgIpc) is 3.78. The molecule has 3 aliphatic rings. The zero-order valence-corrected chi connectivity index (χ0v) is 46.9. The number of nitrogens with one attached hydrogen (secondary N) is 2. The van der Waals surface area contributed by atoms with Gasteiger partial charge in [-0.2, -0.15) is 0 Å². The first-order chi connectivity index (χ1) is 36.2. The molecule has 0 fully saturated rings. The summed E-state index contributed by atoms with van der Waals surface area (Å²) in [5, 5.41) is 8.43. The molecule has 15 heteroatoms. The number of methoxy groups -OCH3 is 1. The zero-order valence-electron chi connectivity index (χ0n) is 45.3. The van der Waals surface area contributed by atoms with Crippen LogP contribution in [0.4, 0.5) is 5.69 Å². The second-order valence-corrected chi connectivity index (χ2v) is 22.7. The number of hydrogen-bond acceptors (Lipinski definition) is 9. The number of amides is 2. The normalized spacial score (nSPS) is 14.1. The highest BCUT2D eigenvalue weighted by atomic mass is 35.5. The summed E-state index contributed by atoms with van der Waals surface area (Å²) >= 11 is 6.08. The minimum atomic E-state index is -4.67. The van der Waals surface area contributed by atoms with Crippen molar-refractivity contribution in [1.82, 2.24) is 19.8 Å². The third-order valence-corrected chi connectivity index (χ3v) is 15.3. The summed E-state index contributed by atoms with van der Waals surface area (Å²) in [5.74, 6) is 1.91. The lowest BCUT2D eigenvalue weighted by Crippen LogP contribution is -2.29. The van der Waals surface area contributed by atoms with E-state index in [1.165, 1.54) is 12.1 Å². The number of hydrogen-bond donors (Lipinski definition) is 2. The van der Waals surface area contributed by atoms with Gasteiger partial charge in [0.05, 0.1) is 30.0 Å². The SMILES string of the molecule is CC[N+](CC)=c1ccc2c(/C=C/C=C/C=C3/N(CCCCCC(=O)NCCCCNC(=O)Cc4c(C)n(C(=O)c5ccc(Cl)cc5)c5ccc(OC)cc45)c4ccc(S(=O)(=O)[O-])cc4C3(C)C)cc(C(C)(C)C)oc-2c1. The standard InChI is InChI=1S/C61H72ClN5O8S/c1-10-65(11-2)45-27-30-48-43(36-56(60(4,5)6)75-54(48)37-45)20-14-12-15-21-55-61(7,8)51-39-47(76(71,72)73)29-32-53(51)66(55)35-19-13-16-22-57(68)63-33-17-18-34-64-58(69)40-49-41(3)67(52-31-28-46(74-9)38-50(49)52)59(70)42-23-25-44(62)26-24-42/h12,14-15,20-21,23-32,36-39H,10-11,13,16-19,22,33-35,40H2,1-9H3,(H2-,63,64,68,69,71,72,73). The van der Waals surface area contributed by atoms with Crippen LogP contribution in [0.1, 0.15) is 125 Å². The highest BCUT2D eigenvalue weighted by Crippen LogP contribution is 2.48. The summed E-state index contributed by atoms with van der Waals surface area (Å²) in [7, 11) is -3.09. The van der Waals surface area contributed by atoms with Gasteiger partial charge in [0.25, 0.3) is 5.91 Å². The van der Waals surface area contributed by atoms with Gasteiger partial charge in [-0.3, -0.25) is 19.0 Å². The number of anilines is 1. The number of nitrogens with zero attached hydrogens (tertiary/aromatic N) is 3. The van der Waals surface area contributed by atoms with E-state index in [1.54, 1.807) is 48.1 Å². The number of unbranched alkanes of at least 4 members (excludes halogenated alkanes) is 3. The van der Waals surface area contributed by atoms with Crippen LogP contribution in [0.15, 0.2) is 124 Å². The molecule has 76 heavy (non-hydrogen) atoms. The molecule has 0 atom stereocenters. The van der Waals surface area contributed by atoms with Crippen molar-refractivity contribution in [2.24, 2.45) is 0 Å². The molecule has 3 aromatic carbocycles. The third kappa shape index (κ3) is 13.3. The molecule has 0 radical (unpaired) electrons. The molecule has 0 spiro atoms. The maximum atomic E-state index is 13.7. The Morgan fingerprint density at radius 1 is 0.842 bits per heavy atom. The van der Waals surface area contributed by atoms with Crippen LogP contribution in [0, 0.1) is 6.92 Å². The minimum Gasteiger partial charge on any atom is -0.744 e. The molecule has 1 aromatic heterocycles. The third-order valence-electron chi connectivity index (χ3n) is 14.3. The van der Waals surface area contributed by atoms with E-state index >= 15 is 0 Å². The highest BCUT2D eigenvalue weighted by molar-refractivity contribution is 7.85. The van der Waals surface area contributed by atoms with Crippen molar-refractivity contribution >= 4 is 62.1 Å². The summed E-state index contributed by atoms with van der Waals surface area (Å²) in [6, 6.07) is 25.3. The fourth-order valence-electron chi connectivity index (χ4n) is 9.96. The largest absolute Gasteiger partial charge is 0.744 e. The summed E-state index contributed by atoms with van der Waals surface area (Å²) in [4.78, 5) is 41.7. The fourth-order valence-corrected chi connectivity index (χ4v) is 10.6. The van der Waals surface area contributed by atoms with E-state index in [9.17, 15) is 27.4 Å². The van der Waals surface area contributed by atoms with E-state index < -0.39 is 15.5 Å². The molecule has 402 valence electrons. The number of allylic oxidation sites excluding steroid dienone is 5. The first-order valence-corrected chi connectivity index (χ1v) is 28.1. The van der Waals surface area contributed by atoms with Gasteiger partial charge in [-0.25, -0.2) is 13.0 Å². The van der Waals surface area contributed by atoms with Crippen LogP contribution in [0.2, 0.25) is 5.02 Å². The molecule has 2 aliphatic heterocycles. The van der Waals surface area contributed by atoms with Crippen molar-refractivity contribution in [1.29, 1.82) is 0 Å². The van der Waals surface area contributed by atoms with E-state index in [2.05, 4.69) is 91.1 Å². The maximum Gasteiger partial charge on any atom is 0.262 e. The molecule has 1 aliphatic carbocycles. The number of rotatable bonds is 21. The van der Waals surface area contributed by atoms with Gasteiger partial charge in [0.2, 0.25) is 17.2 Å². The van der Waals surface area contributed by atoms with Crippen molar-refractivity contribution in [3.63, 3.8) is 0 Å². The predicted octanol–water partition coefficient (Wildman–Crippen LogP) is 11.1. The quantitative estimate of drug-likeness (QED) is 0.0309. The van der Waals surface area contributed by atoms with E-state index in [-0.39, 0.29) is 34.5 Å².